The van der Waals surface area contributed by atoms with Gasteiger partial charge in [-0.25, -0.2) is 8.42 Å². The van der Waals surface area contributed by atoms with Gasteiger partial charge in [0.25, 0.3) is 0 Å². The number of hydrogen-bond acceptors (Lipinski definition) is 3. The zero-order valence-corrected chi connectivity index (χ0v) is 10.1. The second-order valence-electron chi connectivity index (χ2n) is 4.58. The van der Waals surface area contributed by atoms with Gasteiger partial charge in [-0.2, -0.15) is 0 Å². The van der Waals surface area contributed by atoms with Crippen molar-refractivity contribution in [1.82, 2.24) is 0 Å². The highest BCUT2D eigenvalue weighted by molar-refractivity contribution is 7.91. The van der Waals surface area contributed by atoms with E-state index in [1.54, 1.807) is 0 Å². The third kappa shape index (κ3) is 3.58. The van der Waals surface area contributed by atoms with Gasteiger partial charge < -0.3 is 4.74 Å². The predicted molar refractivity (Wildman–Crippen MR) is 57.1 cm³/mol. The lowest BCUT2D eigenvalue weighted by molar-refractivity contribution is -0.0762. The molecule has 0 radical (unpaired) electrons. The summed E-state index contributed by atoms with van der Waals surface area (Å²) in [6, 6.07) is 0. The van der Waals surface area contributed by atoms with Crippen LogP contribution in [0.2, 0.25) is 0 Å². The molecule has 4 heteroatoms. The molecular weight excluding hydrogens is 200 g/mol. The maximum Gasteiger partial charge on any atom is 0.150 e. The Morgan fingerprint density at radius 1 is 1.29 bits per heavy atom. The Hall–Kier alpha value is -0.0900. The predicted octanol–water partition coefficient (Wildman–Crippen LogP) is 1.77. The SMILES string of the molecule is CCC(C)(C)OC1CCS(=O)(=O)CC1. The number of sulfone groups is 1. The molecule has 1 rings (SSSR count). The molecule has 0 aromatic carbocycles. The molecular formula is C10H20O3S. The molecule has 0 aromatic rings. The molecule has 1 saturated heterocycles. The van der Waals surface area contributed by atoms with E-state index in [-0.39, 0.29) is 23.2 Å². The van der Waals surface area contributed by atoms with Crippen molar-refractivity contribution in [2.45, 2.75) is 51.7 Å². The van der Waals surface area contributed by atoms with Gasteiger partial charge in [-0.1, -0.05) is 6.92 Å². The summed E-state index contributed by atoms with van der Waals surface area (Å²) >= 11 is 0. The fourth-order valence-corrected chi connectivity index (χ4v) is 2.97. The first-order valence-corrected chi connectivity index (χ1v) is 7.05. The van der Waals surface area contributed by atoms with Crippen molar-refractivity contribution < 1.29 is 13.2 Å². The molecule has 1 fully saturated rings. The van der Waals surface area contributed by atoms with Gasteiger partial charge in [0.1, 0.15) is 0 Å². The maximum absolute atomic E-state index is 11.2. The number of ether oxygens (including phenoxy) is 1. The van der Waals surface area contributed by atoms with Crippen LogP contribution in [0.5, 0.6) is 0 Å². The summed E-state index contributed by atoms with van der Waals surface area (Å²) in [5.74, 6) is 0.578. The summed E-state index contributed by atoms with van der Waals surface area (Å²) in [5, 5.41) is 0. The van der Waals surface area contributed by atoms with Crippen LogP contribution in [0, 0.1) is 0 Å². The van der Waals surface area contributed by atoms with Crippen molar-refractivity contribution in [1.29, 1.82) is 0 Å². The van der Waals surface area contributed by atoms with E-state index in [4.69, 9.17) is 4.74 Å². The van der Waals surface area contributed by atoms with Crippen molar-refractivity contribution in [3.05, 3.63) is 0 Å². The monoisotopic (exact) mass is 220 g/mol. The average molecular weight is 220 g/mol. The molecule has 0 saturated carbocycles. The van der Waals surface area contributed by atoms with E-state index in [9.17, 15) is 8.42 Å². The highest BCUT2D eigenvalue weighted by Crippen LogP contribution is 2.23. The van der Waals surface area contributed by atoms with Crippen LogP contribution in [0.25, 0.3) is 0 Å². The van der Waals surface area contributed by atoms with Gasteiger partial charge >= 0.3 is 0 Å². The van der Waals surface area contributed by atoms with Gasteiger partial charge in [-0.05, 0) is 33.1 Å². The molecule has 0 aromatic heterocycles. The van der Waals surface area contributed by atoms with Crippen molar-refractivity contribution in [2.24, 2.45) is 0 Å². The minimum atomic E-state index is -2.76. The Morgan fingerprint density at radius 3 is 2.21 bits per heavy atom. The van der Waals surface area contributed by atoms with Crippen LogP contribution in [0.4, 0.5) is 0 Å². The minimum Gasteiger partial charge on any atom is -0.372 e. The van der Waals surface area contributed by atoms with Crippen LogP contribution in [0.3, 0.4) is 0 Å². The molecule has 1 heterocycles. The largest absolute Gasteiger partial charge is 0.372 e. The van der Waals surface area contributed by atoms with E-state index in [1.807, 2.05) is 0 Å². The molecule has 0 unspecified atom stereocenters. The fourth-order valence-electron chi connectivity index (χ4n) is 1.52. The molecule has 1 aliphatic rings. The quantitative estimate of drug-likeness (QED) is 0.728. The van der Waals surface area contributed by atoms with Gasteiger partial charge in [0.15, 0.2) is 9.84 Å². The Labute approximate surface area is 86.8 Å². The number of rotatable bonds is 3. The summed E-state index contributed by atoms with van der Waals surface area (Å²) in [4.78, 5) is 0. The molecule has 3 nitrogen and oxygen atoms in total. The zero-order valence-electron chi connectivity index (χ0n) is 9.25. The molecule has 14 heavy (non-hydrogen) atoms. The van der Waals surface area contributed by atoms with Gasteiger partial charge in [-0.3, -0.25) is 0 Å². The molecule has 0 N–H and O–H groups in total. The van der Waals surface area contributed by atoms with E-state index < -0.39 is 9.84 Å². The first kappa shape index (κ1) is 12.0. The lowest BCUT2D eigenvalue weighted by Crippen LogP contribution is -2.35. The third-order valence-electron chi connectivity index (χ3n) is 2.84. The summed E-state index contributed by atoms with van der Waals surface area (Å²) in [6.45, 7) is 6.19. The van der Waals surface area contributed by atoms with Crippen LogP contribution in [0.15, 0.2) is 0 Å². The number of hydrogen-bond donors (Lipinski definition) is 0. The van der Waals surface area contributed by atoms with Gasteiger partial charge in [0, 0.05) is 0 Å². The zero-order chi connectivity index (χ0) is 10.8. The molecule has 0 aliphatic carbocycles. The highest BCUT2D eigenvalue weighted by Gasteiger charge is 2.28. The van der Waals surface area contributed by atoms with Crippen molar-refractivity contribution >= 4 is 9.84 Å². The Bertz CT molecular complexity index is 266. The standard InChI is InChI=1S/C10H20O3S/c1-4-10(2,3)13-9-5-7-14(11,12)8-6-9/h9H,4-8H2,1-3H3. The minimum absolute atomic E-state index is 0.119. The topological polar surface area (TPSA) is 43.4 Å². The highest BCUT2D eigenvalue weighted by atomic mass is 32.2. The van der Waals surface area contributed by atoms with Crippen LogP contribution in [-0.2, 0) is 14.6 Å². The van der Waals surface area contributed by atoms with E-state index >= 15 is 0 Å². The van der Waals surface area contributed by atoms with Gasteiger partial charge in [-0.15, -0.1) is 0 Å². The average Bonchev–Trinajstić information content (AvgIpc) is 2.09. The molecule has 84 valence electrons. The molecule has 0 atom stereocenters. The van der Waals surface area contributed by atoms with E-state index in [0.29, 0.717) is 12.8 Å². The fraction of sp³-hybridized carbons (Fsp3) is 1.00. The second-order valence-corrected chi connectivity index (χ2v) is 6.89. The van der Waals surface area contributed by atoms with E-state index in [2.05, 4.69) is 20.8 Å². The molecule has 0 amide bonds. The van der Waals surface area contributed by atoms with Crippen LogP contribution >= 0.6 is 0 Å². The maximum atomic E-state index is 11.2. The lowest BCUT2D eigenvalue weighted by atomic mass is 10.1. The first-order valence-electron chi connectivity index (χ1n) is 5.23. The van der Waals surface area contributed by atoms with Crippen LogP contribution < -0.4 is 0 Å². The Balaban J connectivity index is 2.44. The summed E-state index contributed by atoms with van der Waals surface area (Å²) in [7, 11) is -2.76. The van der Waals surface area contributed by atoms with Gasteiger partial charge in [0.2, 0.25) is 0 Å². The summed E-state index contributed by atoms with van der Waals surface area (Å²) in [5.41, 5.74) is -0.119. The third-order valence-corrected chi connectivity index (χ3v) is 4.55. The van der Waals surface area contributed by atoms with Crippen LogP contribution in [-0.4, -0.2) is 31.6 Å². The lowest BCUT2D eigenvalue weighted by Gasteiger charge is -2.32. The van der Waals surface area contributed by atoms with Crippen LogP contribution in [0.1, 0.15) is 40.0 Å². The molecule has 0 spiro atoms. The van der Waals surface area contributed by atoms with Crippen molar-refractivity contribution in [2.75, 3.05) is 11.5 Å². The smallest absolute Gasteiger partial charge is 0.150 e. The summed E-state index contributed by atoms with van der Waals surface area (Å²) in [6.07, 6.45) is 2.40. The summed E-state index contributed by atoms with van der Waals surface area (Å²) < 4.78 is 28.2. The molecule has 1 aliphatic heterocycles. The normalized spacial score (nSPS) is 23.6. The second kappa shape index (κ2) is 4.19. The Kier molecular flexibility index (Phi) is 3.58. The van der Waals surface area contributed by atoms with Gasteiger partial charge in [0.05, 0.1) is 23.2 Å². The van der Waals surface area contributed by atoms with Crippen molar-refractivity contribution in [3.8, 4) is 0 Å². The first-order chi connectivity index (χ1) is 6.35. The van der Waals surface area contributed by atoms with Crippen molar-refractivity contribution in [3.63, 3.8) is 0 Å². The molecule has 0 bridgehead atoms. The Morgan fingerprint density at radius 2 is 1.79 bits per heavy atom. The van der Waals surface area contributed by atoms with E-state index in [0.717, 1.165) is 6.42 Å². The van der Waals surface area contributed by atoms with E-state index in [1.165, 1.54) is 0 Å².